The maximum absolute atomic E-state index is 11.9. The first-order valence-electron chi connectivity index (χ1n) is 8.47. The molecule has 1 saturated heterocycles. The minimum absolute atomic E-state index is 0.173. The first-order chi connectivity index (χ1) is 12.2. The van der Waals surface area contributed by atoms with Gasteiger partial charge in [-0.2, -0.15) is 5.10 Å². The van der Waals surface area contributed by atoms with Crippen molar-refractivity contribution in [3.63, 3.8) is 0 Å². The average Bonchev–Trinajstić information content (AvgIpc) is 3.06. The Bertz CT molecular complexity index is 696. The Morgan fingerprint density at radius 2 is 2.12 bits per heavy atom. The molecule has 0 bridgehead atoms. The highest BCUT2D eigenvalue weighted by molar-refractivity contribution is 5.73. The lowest BCUT2D eigenvalue weighted by Crippen LogP contribution is -2.37. The third-order valence-corrected chi connectivity index (χ3v) is 4.06. The van der Waals surface area contributed by atoms with E-state index in [1.165, 1.54) is 0 Å². The van der Waals surface area contributed by atoms with Crippen molar-refractivity contribution >= 4 is 11.8 Å². The van der Waals surface area contributed by atoms with Crippen LogP contribution in [0.5, 0.6) is 0 Å². The molecule has 0 unspecified atom stereocenters. The highest BCUT2D eigenvalue weighted by Crippen LogP contribution is 2.14. The Morgan fingerprint density at radius 3 is 2.88 bits per heavy atom. The van der Waals surface area contributed by atoms with Crippen LogP contribution >= 0.6 is 0 Å². The van der Waals surface area contributed by atoms with E-state index in [0.29, 0.717) is 13.1 Å². The van der Waals surface area contributed by atoms with Crippen molar-refractivity contribution < 1.29 is 9.53 Å². The maximum atomic E-state index is 11.9. The third-order valence-electron chi connectivity index (χ3n) is 4.06. The summed E-state index contributed by atoms with van der Waals surface area (Å²) < 4.78 is 7.12. The fourth-order valence-corrected chi connectivity index (χ4v) is 2.70. The molecule has 2 N–H and O–H groups in total. The molecule has 3 heterocycles. The predicted octanol–water partition coefficient (Wildman–Crippen LogP) is 0.694. The number of carbonyl (C=O) groups is 1. The molecule has 0 aliphatic carbocycles. The van der Waals surface area contributed by atoms with Crippen LogP contribution in [0.25, 0.3) is 0 Å². The number of hydrogen-bond donors (Lipinski definition) is 2. The van der Waals surface area contributed by atoms with Gasteiger partial charge in [0.15, 0.2) is 0 Å². The van der Waals surface area contributed by atoms with Crippen molar-refractivity contribution in [3.05, 3.63) is 41.9 Å². The van der Waals surface area contributed by atoms with Gasteiger partial charge in [-0.3, -0.25) is 4.68 Å². The van der Waals surface area contributed by atoms with Crippen molar-refractivity contribution in [1.82, 2.24) is 25.4 Å². The number of nitrogens with zero attached hydrogens (tertiary/aromatic N) is 4. The van der Waals surface area contributed by atoms with E-state index in [4.69, 9.17) is 4.74 Å². The number of carbonyl (C=O) groups excluding carboxylic acids is 1. The topological polar surface area (TPSA) is 84.3 Å². The summed E-state index contributed by atoms with van der Waals surface area (Å²) in [5.41, 5.74) is 2.13. The van der Waals surface area contributed by atoms with Crippen molar-refractivity contribution in [2.75, 3.05) is 37.7 Å². The number of hydrogen-bond acceptors (Lipinski definition) is 5. The zero-order valence-corrected chi connectivity index (χ0v) is 14.4. The van der Waals surface area contributed by atoms with Crippen molar-refractivity contribution in [3.8, 4) is 0 Å². The molecule has 25 heavy (non-hydrogen) atoms. The fraction of sp³-hybridized carbons (Fsp3) is 0.471. The molecular weight excluding hydrogens is 320 g/mol. The van der Waals surface area contributed by atoms with Gasteiger partial charge in [-0.1, -0.05) is 0 Å². The largest absolute Gasteiger partial charge is 0.378 e. The first-order valence-corrected chi connectivity index (χ1v) is 8.47. The Labute approximate surface area is 147 Å². The normalized spacial score (nSPS) is 14.4. The predicted molar refractivity (Wildman–Crippen MR) is 94.4 cm³/mol. The third kappa shape index (κ3) is 5.18. The van der Waals surface area contributed by atoms with Crippen LogP contribution in [0.3, 0.4) is 0 Å². The first kappa shape index (κ1) is 17.2. The molecule has 2 aromatic heterocycles. The number of amides is 2. The lowest BCUT2D eigenvalue weighted by atomic mass is 10.2. The lowest BCUT2D eigenvalue weighted by Gasteiger charge is -2.28. The Hall–Kier alpha value is -2.61. The smallest absolute Gasteiger partial charge is 0.315 e. The van der Waals surface area contributed by atoms with E-state index in [1.807, 2.05) is 31.6 Å². The number of morpholine rings is 1. The van der Waals surface area contributed by atoms with E-state index in [0.717, 1.165) is 49.7 Å². The monoisotopic (exact) mass is 344 g/mol. The summed E-state index contributed by atoms with van der Waals surface area (Å²) in [6.45, 7) is 4.19. The number of aromatic nitrogens is 3. The summed E-state index contributed by atoms with van der Waals surface area (Å²) in [4.78, 5) is 18.5. The molecular formula is C17H24N6O2. The summed E-state index contributed by atoms with van der Waals surface area (Å²) in [7, 11) is 1.88. The van der Waals surface area contributed by atoms with Crippen LogP contribution in [0, 0.1) is 0 Å². The Balaban J connectivity index is 1.42. The molecule has 0 spiro atoms. The minimum atomic E-state index is -0.173. The minimum Gasteiger partial charge on any atom is -0.378 e. The number of urea groups is 1. The van der Waals surface area contributed by atoms with Crippen molar-refractivity contribution in [1.29, 1.82) is 0 Å². The van der Waals surface area contributed by atoms with Crippen molar-refractivity contribution in [2.24, 2.45) is 7.05 Å². The molecule has 8 nitrogen and oxygen atoms in total. The highest BCUT2D eigenvalue weighted by atomic mass is 16.5. The molecule has 2 aromatic rings. The Kier molecular flexibility index (Phi) is 5.84. The number of ether oxygens (including phenoxy) is 1. The zero-order valence-electron chi connectivity index (χ0n) is 14.4. The van der Waals surface area contributed by atoms with Gasteiger partial charge in [-0.15, -0.1) is 0 Å². The summed E-state index contributed by atoms with van der Waals surface area (Å²) in [6, 6.07) is 3.76. The number of anilines is 1. The molecule has 1 aliphatic heterocycles. The molecule has 134 valence electrons. The second-order valence-corrected chi connectivity index (χ2v) is 6.00. The SMILES string of the molecule is Cn1cc(CCNC(=O)NCc2ccnc(N3CCOCC3)c2)cn1. The fourth-order valence-electron chi connectivity index (χ4n) is 2.70. The van der Waals surface area contributed by atoms with Crippen LogP contribution in [0.4, 0.5) is 10.6 Å². The van der Waals surface area contributed by atoms with E-state index in [1.54, 1.807) is 10.9 Å². The van der Waals surface area contributed by atoms with E-state index in [-0.39, 0.29) is 6.03 Å². The van der Waals surface area contributed by atoms with E-state index in [2.05, 4.69) is 25.6 Å². The van der Waals surface area contributed by atoms with E-state index in [9.17, 15) is 4.79 Å². The van der Waals surface area contributed by atoms with Gasteiger partial charge in [0, 0.05) is 45.6 Å². The number of pyridine rings is 1. The molecule has 0 radical (unpaired) electrons. The van der Waals surface area contributed by atoms with E-state index < -0.39 is 0 Å². The molecule has 0 saturated carbocycles. The van der Waals surface area contributed by atoms with Crippen LogP contribution in [-0.2, 0) is 24.8 Å². The Morgan fingerprint density at radius 1 is 1.28 bits per heavy atom. The van der Waals surface area contributed by atoms with Gasteiger partial charge in [0.1, 0.15) is 5.82 Å². The van der Waals surface area contributed by atoms with Crippen LogP contribution in [0.2, 0.25) is 0 Å². The van der Waals surface area contributed by atoms with Crippen LogP contribution in [0.1, 0.15) is 11.1 Å². The van der Waals surface area contributed by atoms with Crippen LogP contribution in [-0.4, -0.2) is 53.6 Å². The van der Waals surface area contributed by atoms with E-state index >= 15 is 0 Å². The van der Waals surface area contributed by atoms with Gasteiger partial charge in [-0.05, 0) is 29.7 Å². The van der Waals surface area contributed by atoms with Crippen LogP contribution < -0.4 is 15.5 Å². The second-order valence-electron chi connectivity index (χ2n) is 6.00. The zero-order chi connectivity index (χ0) is 17.5. The summed E-state index contributed by atoms with van der Waals surface area (Å²) in [6.07, 6.45) is 6.30. The number of nitrogens with one attached hydrogen (secondary N) is 2. The van der Waals surface area contributed by atoms with Gasteiger partial charge in [0.25, 0.3) is 0 Å². The van der Waals surface area contributed by atoms with Gasteiger partial charge < -0.3 is 20.3 Å². The average molecular weight is 344 g/mol. The maximum Gasteiger partial charge on any atom is 0.315 e. The molecule has 0 atom stereocenters. The molecule has 0 aromatic carbocycles. The molecule has 1 fully saturated rings. The van der Waals surface area contributed by atoms with Gasteiger partial charge in [0.2, 0.25) is 0 Å². The summed E-state index contributed by atoms with van der Waals surface area (Å²) in [5.74, 6) is 0.930. The summed E-state index contributed by atoms with van der Waals surface area (Å²) >= 11 is 0. The quantitative estimate of drug-likeness (QED) is 0.806. The summed E-state index contributed by atoms with van der Waals surface area (Å²) in [5, 5.41) is 9.85. The van der Waals surface area contributed by atoms with Gasteiger partial charge in [-0.25, -0.2) is 9.78 Å². The molecule has 8 heteroatoms. The van der Waals surface area contributed by atoms with Crippen molar-refractivity contribution in [2.45, 2.75) is 13.0 Å². The second kappa shape index (κ2) is 8.48. The molecule has 2 amide bonds. The van der Waals surface area contributed by atoms with Gasteiger partial charge in [0.05, 0.1) is 19.4 Å². The molecule has 1 aliphatic rings. The lowest BCUT2D eigenvalue weighted by molar-refractivity contribution is 0.122. The number of aryl methyl sites for hydroxylation is 1. The van der Waals surface area contributed by atoms with Crippen LogP contribution in [0.15, 0.2) is 30.7 Å². The number of rotatable bonds is 6. The molecule has 3 rings (SSSR count). The van der Waals surface area contributed by atoms with Gasteiger partial charge >= 0.3 is 6.03 Å². The standard InChI is InChI=1S/C17H24N6O2/c1-22-13-15(12-21-22)3-5-19-17(24)20-11-14-2-4-18-16(10-14)23-6-8-25-9-7-23/h2,4,10,12-13H,3,5-9,11H2,1H3,(H2,19,20,24). The highest BCUT2D eigenvalue weighted by Gasteiger charge is 2.12.